The maximum absolute atomic E-state index is 12.7. The molecule has 132 valence electrons. The Bertz CT molecular complexity index is 515. The van der Waals surface area contributed by atoms with Crippen molar-refractivity contribution in [3.8, 4) is 0 Å². The third kappa shape index (κ3) is 4.06. The average molecular weight is 343 g/mol. The van der Waals surface area contributed by atoms with Gasteiger partial charge in [0, 0.05) is 51.2 Å². The van der Waals surface area contributed by atoms with E-state index in [-0.39, 0.29) is 11.8 Å². The summed E-state index contributed by atoms with van der Waals surface area (Å²) in [5, 5.41) is 0. The lowest BCUT2D eigenvalue weighted by molar-refractivity contribution is -0.138. The van der Waals surface area contributed by atoms with Crippen molar-refractivity contribution in [2.45, 2.75) is 44.6 Å². The number of sulfonamides is 1. The highest BCUT2D eigenvalue weighted by atomic mass is 32.2. The molecule has 3 fully saturated rings. The Hall–Kier alpha value is -0.660. The van der Waals surface area contributed by atoms with Crippen molar-refractivity contribution >= 4 is 15.9 Å². The van der Waals surface area contributed by atoms with Crippen LogP contribution in [0.3, 0.4) is 0 Å². The van der Waals surface area contributed by atoms with Gasteiger partial charge >= 0.3 is 0 Å². The summed E-state index contributed by atoms with van der Waals surface area (Å²) in [6, 6.07) is 0.741. The maximum Gasteiger partial charge on any atom is 0.225 e. The molecule has 23 heavy (non-hydrogen) atoms. The van der Waals surface area contributed by atoms with Crippen molar-refractivity contribution in [2.75, 3.05) is 45.5 Å². The Morgan fingerprint density at radius 2 is 1.43 bits per heavy atom. The quantitative estimate of drug-likeness (QED) is 0.758. The van der Waals surface area contributed by atoms with E-state index in [1.54, 1.807) is 0 Å². The number of piperazine rings is 1. The first kappa shape index (κ1) is 17.2. The lowest BCUT2D eigenvalue weighted by Gasteiger charge is -2.40. The van der Waals surface area contributed by atoms with Gasteiger partial charge < -0.3 is 4.90 Å². The summed E-state index contributed by atoms with van der Waals surface area (Å²) in [5.41, 5.74) is 0. The highest BCUT2D eigenvalue weighted by Gasteiger charge is 2.33. The second kappa shape index (κ2) is 7.07. The van der Waals surface area contributed by atoms with E-state index in [0.717, 1.165) is 32.2 Å². The van der Waals surface area contributed by atoms with Crippen molar-refractivity contribution < 1.29 is 13.2 Å². The van der Waals surface area contributed by atoms with Crippen molar-refractivity contribution in [3.05, 3.63) is 0 Å². The van der Waals surface area contributed by atoms with Gasteiger partial charge in [0.05, 0.1) is 6.26 Å². The van der Waals surface area contributed by atoms with Crippen LogP contribution in [-0.2, 0) is 14.8 Å². The number of carbonyl (C=O) groups is 1. The zero-order chi connectivity index (χ0) is 16.4. The fourth-order valence-electron chi connectivity index (χ4n) is 4.27. The molecule has 2 heterocycles. The van der Waals surface area contributed by atoms with Crippen LogP contribution in [0.5, 0.6) is 0 Å². The summed E-state index contributed by atoms with van der Waals surface area (Å²) < 4.78 is 24.6. The molecule has 0 radical (unpaired) electrons. The van der Waals surface area contributed by atoms with Crippen LogP contribution in [0.1, 0.15) is 38.5 Å². The van der Waals surface area contributed by atoms with Crippen molar-refractivity contribution in [1.82, 2.24) is 14.1 Å². The highest BCUT2D eigenvalue weighted by molar-refractivity contribution is 7.88. The number of amides is 1. The summed E-state index contributed by atoms with van der Waals surface area (Å²) in [6.45, 7) is 4.63. The standard InChI is InChI=1S/C16H29N3O3S/c1-23(21,22)19-8-6-14(7-9-19)16(20)18-12-10-17(11-13-18)15-4-2-3-5-15/h14-15H,2-13H2,1H3. The Balaban J connectivity index is 1.46. The normalized spacial score (nSPS) is 26.7. The minimum absolute atomic E-state index is 0.00558. The Morgan fingerprint density at radius 1 is 0.870 bits per heavy atom. The Kier molecular flexibility index (Phi) is 5.28. The zero-order valence-corrected chi connectivity index (χ0v) is 14.9. The van der Waals surface area contributed by atoms with Crippen molar-refractivity contribution in [3.63, 3.8) is 0 Å². The molecule has 3 aliphatic rings. The minimum atomic E-state index is -3.11. The molecule has 0 spiro atoms. The molecule has 0 atom stereocenters. The first-order valence-electron chi connectivity index (χ1n) is 8.93. The van der Waals surface area contributed by atoms with Crippen LogP contribution in [0.2, 0.25) is 0 Å². The van der Waals surface area contributed by atoms with E-state index < -0.39 is 10.0 Å². The van der Waals surface area contributed by atoms with Crippen LogP contribution in [-0.4, -0.2) is 80.0 Å². The summed E-state index contributed by atoms with van der Waals surface area (Å²) in [4.78, 5) is 17.2. The minimum Gasteiger partial charge on any atom is -0.340 e. The van der Waals surface area contributed by atoms with Gasteiger partial charge in [0.1, 0.15) is 0 Å². The third-order valence-corrected chi connectivity index (χ3v) is 7.04. The van der Waals surface area contributed by atoms with Crippen LogP contribution in [0, 0.1) is 5.92 Å². The fraction of sp³-hybridized carbons (Fsp3) is 0.938. The smallest absolute Gasteiger partial charge is 0.225 e. The van der Waals surface area contributed by atoms with E-state index >= 15 is 0 Å². The lowest BCUT2D eigenvalue weighted by Crippen LogP contribution is -2.53. The van der Waals surface area contributed by atoms with E-state index in [0.29, 0.717) is 25.9 Å². The molecule has 0 unspecified atom stereocenters. The maximum atomic E-state index is 12.7. The van der Waals surface area contributed by atoms with Gasteiger partial charge in [0.2, 0.25) is 15.9 Å². The summed E-state index contributed by atoms with van der Waals surface area (Å²) in [5.74, 6) is 0.246. The van der Waals surface area contributed by atoms with Gasteiger partial charge in [-0.3, -0.25) is 9.69 Å². The highest BCUT2D eigenvalue weighted by Crippen LogP contribution is 2.26. The molecule has 2 aliphatic heterocycles. The molecule has 0 N–H and O–H groups in total. The number of hydrogen-bond donors (Lipinski definition) is 0. The number of rotatable bonds is 3. The van der Waals surface area contributed by atoms with Crippen LogP contribution in [0.4, 0.5) is 0 Å². The summed E-state index contributed by atoms with van der Waals surface area (Å²) >= 11 is 0. The fourth-order valence-corrected chi connectivity index (χ4v) is 5.14. The SMILES string of the molecule is CS(=O)(=O)N1CCC(C(=O)N2CCN(C3CCCC3)CC2)CC1. The second-order valence-corrected chi connectivity index (χ2v) is 9.22. The molecule has 0 aromatic rings. The lowest BCUT2D eigenvalue weighted by atomic mass is 9.96. The van der Waals surface area contributed by atoms with Gasteiger partial charge in [0.25, 0.3) is 0 Å². The Morgan fingerprint density at radius 3 is 1.96 bits per heavy atom. The number of nitrogens with zero attached hydrogens (tertiary/aromatic N) is 3. The van der Waals surface area contributed by atoms with Gasteiger partial charge in [-0.15, -0.1) is 0 Å². The van der Waals surface area contributed by atoms with E-state index in [9.17, 15) is 13.2 Å². The Labute approximate surface area is 139 Å². The summed E-state index contributed by atoms with van der Waals surface area (Å²) in [6.07, 6.45) is 7.90. The van der Waals surface area contributed by atoms with Gasteiger partial charge in [-0.05, 0) is 25.7 Å². The topological polar surface area (TPSA) is 60.9 Å². The van der Waals surface area contributed by atoms with Crippen LogP contribution in [0.25, 0.3) is 0 Å². The molecule has 0 aromatic carbocycles. The van der Waals surface area contributed by atoms with Gasteiger partial charge in [-0.2, -0.15) is 0 Å². The van der Waals surface area contributed by atoms with Gasteiger partial charge in [-0.25, -0.2) is 12.7 Å². The molecule has 1 amide bonds. The van der Waals surface area contributed by atoms with E-state index in [1.165, 1.54) is 36.2 Å². The third-order valence-electron chi connectivity index (χ3n) is 5.74. The van der Waals surface area contributed by atoms with Crippen LogP contribution < -0.4 is 0 Å². The van der Waals surface area contributed by atoms with E-state index in [1.807, 2.05) is 4.90 Å². The average Bonchev–Trinajstić information content (AvgIpc) is 3.08. The van der Waals surface area contributed by atoms with E-state index in [4.69, 9.17) is 0 Å². The molecular weight excluding hydrogens is 314 g/mol. The zero-order valence-electron chi connectivity index (χ0n) is 14.1. The van der Waals surface area contributed by atoms with Crippen LogP contribution in [0.15, 0.2) is 0 Å². The van der Waals surface area contributed by atoms with Gasteiger partial charge in [0.15, 0.2) is 0 Å². The molecule has 1 saturated carbocycles. The van der Waals surface area contributed by atoms with Gasteiger partial charge in [-0.1, -0.05) is 12.8 Å². The van der Waals surface area contributed by atoms with Crippen molar-refractivity contribution in [2.24, 2.45) is 5.92 Å². The molecule has 3 rings (SSSR count). The number of hydrogen-bond acceptors (Lipinski definition) is 4. The van der Waals surface area contributed by atoms with E-state index in [2.05, 4.69) is 4.90 Å². The molecule has 2 saturated heterocycles. The molecule has 6 nitrogen and oxygen atoms in total. The van der Waals surface area contributed by atoms with Crippen LogP contribution >= 0.6 is 0 Å². The number of carbonyl (C=O) groups excluding carboxylic acids is 1. The predicted molar refractivity (Wildman–Crippen MR) is 89.5 cm³/mol. The molecule has 0 bridgehead atoms. The largest absolute Gasteiger partial charge is 0.340 e. The molecule has 1 aliphatic carbocycles. The first-order valence-corrected chi connectivity index (χ1v) is 10.8. The molecule has 7 heteroatoms. The summed E-state index contributed by atoms with van der Waals surface area (Å²) in [7, 11) is -3.11. The monoisotopic (exact) mass is 343 g/mol. The first-order chi connectivity index (χ1) is 10.9. The molecule has 0 aromatic heterocycles. The number of piperidine rings is 1. The molecular formula is C16H29N3O3S. The second-order valence-electron chi connectivity index (χ2n) is 7.24. The predicted octanol–water partition coefficient (Wildman–Crippen LogP) is 0.745. The van der Waals surface area contributed by atoms with Crippen molar-refractivity contribution in [1.29, 1.82) is 0 Å².